The Bertz CT molecular complexity index is 1300. The van der Waals surface area contributed by atoms with Gasteiger partial charge in [0, 0.05) is 18.3 Å². The molecule has 1 atom stereocenters. The summed E-state index contributed by atoms with van der Waals surface area (Å²) in [6.07, 6.45) is 3.03. The number of aryl methyl sites for hydroxylation is 1. The Morgan fingerprint density at radius 2 is 1.80 bits per heavy atom. The van der Waals surface area contributed by atoms with E-state index in [1.54, 1.807) is 40.7 Å². The van der Waals surface area contributed by atoms with Crippen molar-refractivity contribution in [2.45, 2.75) is 51.4 Å². The summed E-state index contributed by atoms with van der Waals surface area (Å²) in [5.41, 5.74) is 1.49. The quantitative estimate of drug-likeness (QED) is 0.572. The lowest BCUT2D eigenvalue weighted by atomic mass is 9.93. The average molecular weight is 476 g/mol. The van der Waals surface area contributed by atoms with Crippen LogP contribution in [0.25, 0.3) is 0 Å². The molecule has 2 aromatic carbocycles. The minimum atomic E-state index is -1.16. The molecule has 2 aliphatic rings. The molecule has 9 heteroatoms. The predicted octanol–water partition coefficient (Wildman–Crippen LogP) is 3.28. The Balaban J connectivity index is 1.39. The lowest BCUT2D eigenvalue weighted by molar-refractivity contribution is -0.133. The van der Waals surface area contributed by atoms with Crippen LogP contribution in [-0.2, 0) is 17.9 Å². The number of imidazole rings is 1. The van der Waals surface area contributed by atoms with E-state index in [9.17, 15) is 18.8 Å². The van der Waals surface area contributed by atoms with E-state index in [1.807, 2.05) is 19.1 Å². The topological polar surface area (TPSA) is 96.3 Å². The van der Waals surface area contributed by atoms with E-state index in [0.29, 0.717) is 5.69 Å². The number of hydrogen-bond acceptors (Lipinski definition) is 4. The number of rotatable bonds is 6. The van der Waals surface area contributed by atoms with Gasteiger partial charge in [0.05, 0.1) is 12.9 Å². The smallest absolute Gasteiger partial charge is 0.276 e. The molecule has 3 amide bonds. The van der Waals surface area contributed by atoms with Gasteiger partial charge in [-0.1, -0.05) is 29.8 Å². The van der Waals surface area contributed by atoms with Crippen molar-refractivity contribution in [3.05, 3.63) is 83.2 Å². The van der Waals surface area contributed by atoms with Crippen molar-refractivity contribution in [1.29, 1.82) is 0 Å². The second kappa shape index (κ2) is 8.65. The number of amides is 3. The number of anilines is 1. The van der Waals surface area contributed by atoms with Crippen LogP contribution in [0, 0.1) is 12.7 Å². The van der Waals surface area contributed by atoms with E-state index in [4.69, 9.17) is 0 Å². The van der Waals surface area contributed by atoms with E-state index in [0.717, 1.165) is 24.0 Å². The van der Waals surface area contributed by atoms with Crippen molar-refractivity contribution in [3.8, 4) is 0 Å². The number of carbonyl (C=O) groups is 3. The standard InChI is InChI=1S/C26H26FN5O3/c1-16-3-9-19(10-4-16)30-23(33)21-22-24(34)32(20-11-12-20)26(2,14-31(22)15-29-21)25(35)28-13-17-5-7-18(27)8-6-17/h3-10,15,20H,11-14H2,1-2H3,(H,28,35)(H,30,33)/t26-/m0/s1. The number of benzene rings is 2. The molecule has 1 saturated carbocycles. The van der Waals surface area contributed by atoms with Crippen LogP contribution in [0.3, 0.4) is 0 Å². The molecule has 0 saturated heterocycles. The first kappa shape index (κ1) is 22.8. The van der Waals surface area contributed by atoms with Gasteiger partial charge in [0.25, 0.3) is 11.8 Å². The van der Waals surface area contributed by atoms with Crippen LogP contribution < -0.4 is 10.6 Å². The number of halogens is 1. The molecule has 5 rings (SSSR count). The van der Waals surface area contributed by atoms with E-state index in [2.05, 4.69) is 15.6 Å². The van der Waals surface area contributed by atoms with Crippen molar-refractivity contribution in [3.63, 3.8) is 0 Å². The molecule has 0 spiro atoms. The summed E-state index contributed by atoms with van der Waals surface area (Å²) in [6.45, 7) is 4.07. The molecule has 1 aliphatic heterocycles. The van der Waals surface area contributed by atoms with Crippen LogP contribution in [-0.4, -0.2) is 43.8 Å². The minimum Gasteiger partial charge on any atom is -0.350 e. The third-order valence-corrected chi connectivity index (χ3v) is 6.56. The van der Waals surface area contributed by atoms with Crippen LogP contribution in [0.15, 0.2) is 54.9 Å². The van der Waals surface area contributed by atoms with Crippen LogP contribution >= 0.6 is 0 Å². The van der Waals surface area contributed by atoms with Gasteiger partial charge in [0.1, 0.15) is 17.1 Å². The Morgan fingerprint density at radius 1 is 1.11 bits per heavy atom. The molecule has 2 N–H and O–H groups in total. The number of hydrogen-bond donors (Lipinski definition) is 2. The van der Waals surface area contributed by atoms with Crippen molar-refractivity contribution < 1.29 is 18.8 Å². The summed E-state index contributed by atoms with van der Waals surface area (Å²) in [5, 5.41) is 5.69. The number of nitrogens with one attached hydrogen (secondary N) is 2. The third kappa shape index (κ3) is 4.29. The summed E-state index contributed by atoms with van der Waals surface area (Å²) in [7, 11) is 0. The van der Waals surface area contributed by atoms with Gasteiger partial charge in [-0.05, 0) is 56.5 Å². The van der Waals surface area contributed by atoms with Crippen LogP contribution in [0.2, 0.25) is 0 Å². The minimum absolute atomic E-state index is 0.0370. The van der Waals surface area contributed by atoms with Crippen molar-refractivity contribution in [2.75, 3.05) is 5.32 Å². The summed E-state index contributed by atoms with van der Waals surface area (Å²) < 4.78 is 14.8. The van der Waals surface area contributed by atoms with Gasteiger partial charge in [0.2, 0.25) is 5.91 Å². The molecule has 0 unspecified atom stereocenters. The molecule has 0 radical (unpaired) electrons. The molecule has 8 nitrogen and oxygen atoms in total. The summed E-state index contributed by atoms with van der Waals surface area (Å²) in [6, 6.07) is 13.2. The van der Waals surface area contributed by atoms with E-state index >= 15 is 0 Å². The summed E-state index contributed by atoms with van der Waals surface area (Å²) in [4.78, 5) is 45.9. The summed E-state index contributed by atoms with van der Waals surface area (Å²) >= 11 is 0. The third-order valence-electron chi connectivity index (χ3n) is 6.56. The number of nitrogens with zero attached hydrogens (tertiary/aromatic N) is 3. The lowest BCUT2D eigenvalue weighted by Crippen LogP contribution is -2.64. The number of carbonyl (C=O) groups excluding carboxylic acids is 3. The molecule has 180 valence electrons. The number of aromatic nitrogens is 2. The molecule has 35 heavy (non-hydrogen) atoms. The maximum atomic E-state index is 13.7. The van der Waals surface area contributed by atoms with Crippen molar-refractivity contribution in [2.24, 2.45) is 0 Å². The van der Waals surface area contributed by atoms with Crippen molar-refractivity contribution in [1.82, 2.24) is 19.8 Å². The Kier molecular flexibility index (Phi) is 5.62. The molecule has 0 bridgehead atoms. The fourth-order valence-corrected chi connectivity index (χ4v) is 4.52. The maximum Gasteiger partial charge on any atom is 0.276 e. The zero-order valence-corrected chi connectivity index (χ0v) is 19.5. The molecule has 1 aromatic heterocycles. The fourth-order valence-electron chi connectivity index (χ4n) is 4.52. The van der Waals surface area contributed by atoms with Gasteiger partial charge < -0.3 is 20.1 Å². The first-order chi connectivity index (χ1) is 16.8. The van der Waals surface area contributed by atoms with Gasteiger partial charge in [0.15, 0.2) is 5.69 Å². The zero-order chi connectivity index (χ0) is 24.7. The van der Waals surface area contributed by atoms with Gasteiger partial charge in [-0.15, -0.1) is 0 Å². The average Bonchev–Trinajstić information content (AvgIpc) is 3.57. The van der Waals surface area contributed by atoms with Crippen molar-refractivity contribution >= 4 is 23.4 Å². The molecular weight excluding hydrogens is 449 g/mol. The van der Waals surface area contributed by atoms with Crippen LogP contribution in [0.1, 0.15) is 51.9 Å². The first-order valence-electron chi connectivity index (χ1n) is 11.6. The summed E-state index contributed by atoms with van der Waals surface area (Å²) in [5.74, 6) is -1.52. The van der Waals surface area contributed by atoms with Gasteiger partial charge >= 0.3 is 0 Å². The highest BCUT2D eigenvalue weighted by Gasteiger charge is 2.53. The molecular formula is C26H26FN5O3. The highest BCUT2D eigenvalue weighted by atomic mass is 19.1. The Morgan fingerprint density at radius 3 is 2.46 bits per heavy atom. The highest BCUT2D eigenvalue weighted by molar-refractivity contribution is 6.11. The fraction of sp³-hybridized carbons (Fsp3) is 0.308. The van der Waals surface area contributed by atoms with Gasteiger partial charge in [-0.3, -0.25) is 14.4 Å². The predicted molar refractivity (Wildman–Crippen MR) is 127 cm³/mol. The van der Waals surface area contributed by atoms with Gasteiger partial charge in [-0.25, -0.2) is 9.37 Å². The SMILES string of the molecule is Cc1ccc(NC(=O)c2ncn3c2C(=O)N(C2CC2)[C@](C)(C(=O)NCc2ccc(F)cc2)C3)cc1. The second-order valence-electron chi connectivity index (χ2n) is 9.38. The Hall–Kier alpha value is -4.01. The van der Waals surface area contributed by atoms with E-state index in [1.165, 1.54) is 18.5 Å². The Labute approximate surface area is 202 Å². The van der Waals surface area contributed by atoms with E-state index < -0.39 is 11.4 Å². The lowest BCUT2D eigenvalue weighted by Gasteiger charge is -2.44. The second-order valence-corrected chi connectivity index (χ2v) is 9.38. The molecule has 1 aliphatic carbocycles. The zero-order valence-electron chi connectivity index (χ0n) is 19.5. The van der Waals surface area contributed by atoms with Crippen LogP contribution in [0.4, 0.5) is 10.1 Å². The number of fused-ring (bicyclic) bond motifs is 1. The van der Waals surface area contributed by atoms with Crippen LogP contribution in [0.5, 0.6) is 0 Å². The largest absolute Gasteiger partial charge is 0.350 e. The van der Waals surface area contributed by atoms with E-state index in [-0.39, 0.29) is 48.2 Å². The molecule has 3 aromatic rings. The normalized spacial score (nSPS) is 19.3. The first-order valence-corrected chi connectivity index (χ1v) is 11.6. The monoisotopic (exact) mass is 475 g/mol. The maximum absolute atomic E-state index is 13.7. The highest BCUT2D eigenvalue weighted by Crippen LogP contribution is 2.39. The molecule has 1 fully saturated rings. The molecule has 2 heterocycles. The van der Waals surface area contributed by atoms with Gasteiger partial charge in [-0.2, -0.15) is 0 Å².